The van der Waals surface area contributed by atoms with Gasteiger partial charge in [0.25, 0.3) is 0 Å². The standard InChI is InChI=1S/C15H19Br2FO2/c1-3-20-10-4-9(5-10)6-12(16)11-7-13(17)14(18)8-15(11)19-2/h7-10,12H,3-6H2,1-2H3. The molecule has 1 saturated carbocycles. The number of methoxy groups -OCH3 is 1. The molecule has 0 aromatic heterocycles. The summed E-state index contributed by atoms with van der Waals surface area (Å²) in [6.45, 7) is 2.81. The van der Waals surface area contributed by atoms with Crippen molar-refractivity contribution in [2.75, 3.05) is 13.7 Å². The highest BCUT2D eigenvalue weighted by atomic mass is 79.9. The van der Waals surface area contributed by atoms with E-state index in [1.54, 1.807) is 13.2 Å². The minimum atomic E-state index is -0.301. The highest BCUT2D eigenvalue weighted by molar-refractivity contribution is 9.10. The quantitative estimate of drug-likeness (QED) is 0.598. The number of hydrogen-bond donors (Lipinski definition) is 0. The summed E-state index contributed by atoms with van der Waals surface area (Å²) in [6, 6.07) is 3.23. The molecular weight excluding hydrogens is 391 g/mol. The lowest BCUT2D eigenvalue weighted by Gasteiger charge is -2.36. The fourth-order valence-electron chi connectivity index (χ4n) is 2.62. The van der Waals surface area contributed by atoms with Crippen LogP contribution < -0.4 is 4.74 Å². The van der Waals surface area contributed by atoms with Crippen LogP contribution in [0.5, 0.6) is 5.75 Å². The maximum absolute atomic E-state index is 13.5. The van der Waals surface area contributed by atoms with Crippen LogP contribution >= 0.6 is 31.9 Å². The van der Waals surface area contributed by atoms with E-state index in [1.807, 2.05) is 6.92 Å². The molecule has 2 rings (SSSR count). The van der Waals surface area contributed by atoms with E-state index in [1.165, 1.54) is 6.07 Å². The van der Waals surface area contributed by atoms with Crippen molar-refractivity contribution in [3.8, 4) is 5.75 Å². The van der Waals surface area contributed by atoms with Crippen molar-refractivity contribution in [2.24, 2.45) is 5.92 Å². The molecule has 5 heteroatoms. The van der Waals surface area contributed by atoms with E-state index in [2.05, 4.69) is 31.9 Å². The lowest BCUT2D eigenvalue weighted by Crippen LogP contribution is -2.31. The predicted octanol–water partition coefficient (Wildman–Crippen LogP) is 5.24. The van der Waals surface area contributed by atoms with E-state index in [9.17, 15) is 4.39 Å². The summed E-state index contributed by atoms with van der Waals surface area (Å²) in [4.78, 5) is 0.168. The van der Waals surface area contributed by atoms with Crippen LogP contribution in [0.3, 0.4) is 0 Å². The number of ether oxygens (including phenoxy) is 2. The van der Waals surface area contributed by atoms with E-state index in [0.29, 0.717) is 22.2 Å². The van der Waals surface area contributed by atoms with Crippen molar-refractivity contribution in [3.05, 3.63) is 28.0 Å². The van der Waals surface area contributed by atoms with Crippen LogP contribution in [0.25, 0.3) is 0 Å². The molecule has 1 aliphatic rings. The minimum absolute atomic E-state index is 0.168. The molecule has 0 saturated heterocycles. The normalized spacial score (nSPS) is 23.2. The summed E-state index contributed by atoms with van der Waals surface area (Å²) in [7, 11) is 1.57. The molecule has 0 aliphatic heterocycles. The molecule has 0 spiro atoms. The Morgan fingerprint density at radius 2 is 2.10 bits per heavy atom. The summed E-state index contributed by atoms with van der Waals surface area (Å²) >= 11 is 6.94. The molecular formula is C15H19Br2FO2. The van der Waals surface area contributed by atoms with Gasteiger partial charge in [0.2, 0.25) is 0 Å². The van der Waals surface area contributed by atoms with Gasteiger partial charge in [-0.1, -0.05) is 15.9 Å². The number of benzene rings is 1. The molecule has 1 fully saturated rings. The van der Waals surface area contributed by atoms with Gasteiger partial charge in [0.05, 0.1) is 17.7 Å². The van der Waals surface area contributed by atoms with Crippen LogP contribution in [0.2, 0.25) is 0 Å². The van der Waals surface area contributed by atoms with E-state index < -0.39 is 0 Å². The van der Waals surface area contributed by atoms with Crippen LogP contribution in [0, 0.1) is 11.7 Å². The average Bonchev–Trinajstić information content (AvgIpc) is 2.38. The highest BCUT2D eigenvalue weighted by Gasteiger charge is 2.32. The first kappa shape index (κ1) is 16.2. The molecule has 20 heavy (non-hydrogen) atoms. The monoisotopic (exact) mass is 408 g/mol. The first-order valence-electron chi connectivity index (χ1n) is 6.83. The van der Waals surface area contributed by atoms with Gasteiger partial charge < -0.3 is 9.47 Å². The van der Waals surface area contributed by atoms with Gasteiger partial charge in [-0.3, -0.25) is 0 Å². The Kier molecular flexibility index (Phi) is 5.87. The number of hydrogen-bond acceptors (Lipinski definition) is 2. The van der Waals surface area contributed by atoms with E-state index in [-0.39, 0.29) is 10.6 Å². The smallest absolute Gasteiger partial charge is 0.141 e. The third-order valence-corrected chi connectivity index (χ3v) is 5.22. The third-order valence-electron chi connectivity index (χ3n) is 3.75. The molecule has 0 bridgehead atoms. The van der Waals surface area contributed by atoms with Crippen LogP contribution in [0.1, 0.15) is 36.6 Å². The molecule has 1 aliphatic carbocycles. The van der Waals surface area contributed by atoms with Gasteiger partial charge in [0, 0.05) is 23.1 Å². The van der Waals surface area contributed by atoms with Gasteiger partial charge in [-0.05, 0) is 54.1 Å². The second kappa shape index (κ2) is 7.23. The van der Waals surface area contributed by atoms with Gasteiger partial charge in [-0.15, -0.1) is 0 Å². The Labute approximate surface area is 136 Å². The van der Waals surface area contributed by atoms with Gasteiger partial charge in [0.1, 0.15) is 11.6 Å². The highest BCUT2D eigenvalue weighted by Crippen LogP contribution is 2.43. The molecule has 0 radical (unpaired) electrons. The summed E-state index contributed by atoms with van der Waals surface area (Å²) in [5.74, 6) is 0.947. The summed E-state index contributed by atoms with van der Waals surface area (Å²) in [5.41, 5.74) is 0.987. The number of alkyl halides is 1. The Hall–Kier alpha value is -0.130. The first-order valence-corrected chi connectivity index (χ1v) is 8.54. The molecule has 112 valence electrons. The first-order chi connectivity index (χ1) is 9.55. The zero-order valence-corrected chi connectivity index (χ0v) is 14.8. The topological polar surface area (TPSA) is 18.5 Å². The fourth-order valence-corrected chi connectivity index (χ4v) is 3.87. The second-order valence-corrected chi connectivity index (χ2v) is 7.09. The Morgan fingerprint density at radius 3 is 2.70 bits per heavy atom. The summed E-state index contributed by atoms with van der Waals surface area (Å²) < 4.78 is 24.9. The van der Waals surface area contributed by atoms with Crippen molar-refractivity contribution in [1.29, 1.82) is 0 Å². The van der Waals surface area contributed by atoms with Gasteiger partial charge in [-0.25, -0.2) is 4.39 Å². The van der Waals surface area contributed by atoms with Crippen molar-refractivity contribution >= 4 is 31.9 Å². The van der Waals surface area contributed by atoms with Crippen molar-refractivity contribution < 1.29 is 13.9 Å². The molecule has 1 atom stereocenters. The zero-order chi connectivity index (χ0) is 14.7. The van der Waals surface area contributed by atoms with Crippen LogP contribution in [0.15, 0.2) is 16.6 Å². The third kappa shape index (κ3) is 3.74. The average molecular weight is 410 g/mol. The van der Waals surface area contributed by atoms with Gasteiger partial charge in [0.15, 0.2) is 0 Å². The minimum Gasteiger partial charge on any atom is -0.496 e. The second-order valence-electron chi connectivity index (χ2n) is 5.13. The van der Waals surface area contributed by atoms with Gasteiger partial charge in [-0.2, -0.15) is 0 Å². The fraction of sp³-hybridized carbons (Fsp3) is 0.600. The molecule has 1 unspecified atom stereocenters. The van der Waals surface area contributed by atoms with Crippen LogP contribution in [-0.4, -0.2) is 19.8 Å². The van der Waals surface area contributed by atoms with Crippen molar-refractivity contribution in [2.45, 2.75) is 37.1 Å². The summed E-state index contributed by atoms with van der Waals surface area (Å²) in [6.07, 6.45) is 3.66. The molecule has 0 amide bonds. The van der Waals surface area contributed by atoms with Crippen molar-refractivity contribution in [3.63, 3.8) is 0 Å². The van der Waals surface area contributed by atoms with E-state index in [0.717, 1.165) is 31.4 Å². The molecule has 0 N–H and O–H groups in total. The van der Waals surface area contributed by atoms with Crippen molar-refractivity contribution in [1.82, 2.24) is 0 Å². The van der Waals surface area contributed by atoms with E-state index >= 15 is 0 Å². The maximum atomic E-state index is 13.5. The SMILES string of the molecule is CCOC1CC(CC(Br)c2cc(Br)c(F)cc2OC)C1. The van der Waals surface area contributed by atoms with Crippen LogP contribution in [-0.2, 0) is 4.74 Å². The zero-order valence-electron chi connectivity index (χ0n) is 11.7. The summed E-state index contributed by atoms with van der Waals surface area (Å²) in [5, 5.41) is 0. The predicted molar refractivity (Wildman–Crippen MR) is 85.1 cm³/mol. The Balaban J connectivity index is 1.99. The molecule has 1 aromatic rings. The molecule has 1 aromatic carbocycles. The Bertz CT molecular complexity index is 461. The number of rotatable bonds is 6. The number of halogens is 3. The Morgan fingerprint density at radius 1 is 1.40 bits per heavy atom. The van der Waals surface area contributed by atoms with Crippen LogP contribution in [0.4, 0.5) is 4.39 Å². The lowest BCUT2D eigenvalue weighted by molar-refractivity contribution is -0.0264. The van der Waals surface area contributed by atoms with Gasteiger partial charge >= 0.3 is 0 Å². The largest absolute Gasteiger partial charge is 0.496 e. The lowest BCUT2D eigenvalue weighted by atomic mass is 9.78. The van der Waals surface area contributed by atoms with E-state index in [4.69, 9.17) is 9.47 Å². The molecule has 2 nitrogen and oxygen atoms in total. The maximum Gasteiger partial charge on any atom is 0.141 e. The molecule has 0 heterocycles.